The summed E-state index contributed by atoms with van der Waals surface area (Å²) in [6.07, 6.45) is 1.21. The number of aryl methyl sites for hydroxylation is 4. The van der Waals surface area contributed by atoms with Gasteiger partial charge in [0.15, 0.2) is 0 Å². The first-order valence-corrected chi connectivity index (χ1v) is 24.0. The Hall–Kier alpha value is -6.52. The molecule has 0 aromatic heterocycles. The van der Waals surface area contributed by atoms with Gasteiger partial charge in [0.25, 0.3) is 0 Å². The van der Waals surface area contributed by atoms with Gasteiger partial charge in [-0.3, -0.25) is 0 Å². The van der Waals surface area contributed by atoms with Crippen molar-refractivity contribution < 1.29 is 64.1 Å². The number of fused-ring (bicyclic) bond motifs is 2. The van der Waals surface area contributed by atoms with Crippen LogP contribution in [0.25, 0.3) is 39.5 Å². The van der Waals surface area contributed by atoms with Crippen LogP contribution in [0.5, 0.6) is 5.75 Å². The van der Waals surface area contributed by atoms with E-state index < -0.39 is 66.7 Å². The monoisotopic (exact) mass is 985 g/mol. The molecule has 2 N–H and O–H groups in total. The molecule has 0 fully saturated rings. The highest BCUT2D eigenvalue weighted by Gasteiger charge is 2.85. The van der Waals surface area contributed by atoms with Crippen LogP contribution in [0.4, 0.5) is 43.4 Å². The van der Waals surface area contributed by atoms with Gasteiger partial charge in [-0.05, 0) is 98.0 Å². The Bertz CT molecular complexity index is 3450. The molecule has 0 saturated carbocycles. The second-order valence-corrected chi connectivity index (χ2v) is 20.8. The zero-order valence-electron chi connectivity index (χ0n) is 35.4. The van der Waals surface area contributed by atoms with E-state index in [1.165, 1.54) is 36.4 Å². The molecule has 0 spiro atoms. The number of halogens is 6. The van der Waals surface area contributed by atoms with Gasteiger partial charge < -0.3 is 19.1 Å². The lowest BCUT2D eigenvalue weighted by molar-refractivity contribution is -0.555. The SMILES string of the molecule is C=Cc1ccc(OS(=O)(=O)C(F)(F)C(F)(F)C(F)(F)S(=O)(=O)[NH+]([O-])S(=O)(=O)c2ccccc2-c2c3ccc(=Nc4c(C)cccc4C)cc-3oc3cc(Nc4c(C)cccc4C)ccc23)cc1. The van der Waals surface area contributed by atoms with Gasteiger partial charge in [-0.1, -0.05) is 79.4 Å². The molecule has 21 heteroatoms. The molecule has 5 aromatic carbocycles. The number of nitrogens with one attached hydrogen (secondary N) is 2. The number of benzene rings is 6. The van der Waals surface area contributed by atoms with Gasteiger partial charge in [-0.15, -0.1) is 0 Å². The number of anilines is 2. The van der Waals surface area contributed by atoms with Crippen LogP contribution >= 0.6 is 0 Å². The van der Waals surface area contributed by atoms with E-state index in [9.17, 15) is 30.5 Å². The van der Waals surface area contributed by atoms with Crippen molar-refractivity contribution in [2.75, 3.05) is 5.32 Å². The number of hydrogen-bond donors (Lipinski definition) is 2. The first-order chi connectivity index (χ1) is 31.3. The highest BCUT2D eigenvalue weighted by molar-refractivity contribution is 7.97. The van der Waals surface area contributed by atoms with Crippen LogP contribution in [0.15, 0.2) is 142 Å². The average molecular weight is 986 g/mol. The summed E-state index contributed by atoms with van der Waals surface area (Å²) < 4.78 is 178. The third-order valence-corrected chi connectivity index (χ3v) is 16.1. The van der Waals surface area contributed by atoms with Crippen molar-refractivity contribution in [1.82, 2.24) is 0 Å². The van der Waals surface area contributed by atoms with E-state index in [0.29, 0.717) is 34.9 Å². The minimum absolute atomic E-state index is 0.0406. The van der Waals surface area contributed by atoms with Crippen LogP contribution in [-0.2, 0) is 30.2 Å². The summed E-state index contributed by atoms with van der Waals surface area (Å²) in [4.78, 5) is 3.43. The molecule has 7 rings (SSSR count). The molecule has 1 aliphatic carbocycles. The number of hydrogen-bond acceptors (Lipinski definition) is 11. The number of quaternary nitrogens is 1. The summed E-state index contributed by atoms with van der Waals surface area (Å²) in [5.74, 6) is -8.57. The minimum atomic E-state index is -7.96. The van der Waals surface area contributed by atoms with Crippen LogP contribution in [0, 0.1) is 32.9 Å². The van der Waals surface area contributed by atoms with Crippen LogP contribution in [-0.4, -0.2) is 41.7 Å². The highest BCUT2D eigenvalue weighted by atomic mass is 32.3. The largest absolute Gasteiger partial charge is 0.602 e. The number of rotatable bonds is 14. The average Bonchev–Trinajstić information content (AvgIpc) is 3.27. The molecule has 67 heavy (non-hydrogen) atoms. The van der Waals surface area contributed by atoms with E-state index >= 15 is 26.3 Å². The van der Waals surface area contributed by atoms with E-state index in [1.807, 2.05) is 64.1 Å². The molecule has 0 saturated heterocycles. The van der Waals surface area contributed by atoms with E-state index in [2.05, 4.69) is 16.1 Å². The van der Waals surface area contributed by atoms with Crippen LogP contribution in [0.2, 0.25) is 0 Å². The van der Waals surface area contributed by atoms with Crippen molar-refractivity contribution in [3.8, 4) is 28.2 Å². The lowest BCUT2D eigenvalue weighted by Gasteiger charge is -2.33. The van der Waals surface area contributed by atoms with Crippen molar-refractivity contribution in [3.63, 3.8) is 0 Å². The third-order valence-electron chi connectivity index (χ3n) is 10.7. The number of nitrogens with zero attached hydrogens (tertiary/aromatic N) is 1. The molecule has 0 bridgehead atoms. The predicted octanol–water partition coefficient (Wildman–Crippen LogP) is 9.69. The standard InChI is InChI=1S/C46H37F6N3O9S3/c1-6-31-17-21-34(22-18-31)64-67(61,62)46(51,52)44(47,48)45(49,50)66(59,60)55(56)65(57,58)40-16-8-7-15-37(40)41-35-23-19-32(53-42-27(2)11-9-12-28(42)3)25-38(35)63-39-26-33(20-24-36(39)41)54-43-29(4)13-10-14-30(43)5/h6-26,53,55H,1H2,2-5H3. The lowest BCUT2D eigenvalue weighted by atomic mass is 9.93. The predicted molar refractivity (Wildman–Crippen MR) is 240 cm³/mol. The Morgan fingerprint density at radius 3 is 1.91 bits per heavy atom. The topological polar surface area (TPSA) is 177 Å². The molecule has 0 amide bonds. The molecule has 1 unspecified atom stereocenters. The normalized spacial score (nSPS) is 13.7. The summed E-state index contributed by atoms with van der Waals surface area (Å²) in [5, 5.41) is 2.77. The molecule has 0 radical (unpaired) electrons. The maximum atomic E-state index is 15.6. The van der Waals surface area contributed by atoms with E-state index in [-0.39, 0.29) is 33.4 Å². The number of para-hydroxylation sites is 2. The molecular formula is C46H37F6N3O9S3. The van der Waals surface area contributed by atoms with Crippen molar-refractivity contribution in [1.29, 1.82) is 0 Å². The summed E-state index contributed by atoms with van der Waals surface area (Å²) in [5.41, 5.74) is 5.04. The van der Waals surface area contributed by atoms with Crippen LogP contribution < -0.4 is 18.7 Å². The first kappa shape index (κ1) is 48.4. The summed E-state index contributed by atoms with van der Waals surface area (Å²) in [7, 11) is -21.6. The second-order valence-electron chi connectivity index (χ2n) is 15.3. The zero-order chi connectivity index (χ0) is 49.1. The Balaban J connectivity index is 1.37. The maximum Gasteiger partial charge on any atom is 0.466 e. The van der Waals surface area contributed by atoms with Gasteiger partial charge in [0, 0.05) is 45.6 Å². The van der Waals surface area contributed by atoms with Crippen LogP contribution in [0.3, 0.4) is 0 Å². The van der Waals surface area contributed by atoms with Crippen LogP contribution in [0.1, 0.15) is 27.8 Å². The van der Waals surface area contributed by atoms with Gasteiger partial charge >= 0.3 is 46.6 Å². The summed E-state index contributed by atoms with van der Waals surface area (Å²) in [6.45, 7) is 10.8. The molecule has 1 aliphatic heterocycles. The third kappa shape index (κ3) is 8.34. The van der Waals surface area contributed by atoms with Gasteiger partial charge in [0.2, 0.25) is 0 Å². The molecule has 1 atom stereocenters. The first-order valence-electron chi connectivity index (χ1n) is 19.6. The molecule has 5 aromatic rings. The van der Waals surface area contributed by atoms with E-state index in [1.54, 1.807) is 12.1 Å². The maximum absolute atomic E-state index is 15.6. The Labute approximate surface area is 380 Å². The lowest BCUT2D eigenvalue weighted by Crippen LogP contribution is -3.13. The Morgan fingerprint density at radius 2 is 1.30 bits per heavy atom. The van der Waals surface area contributed by atoms with Gasteiger partial charge in [0.1, 0.15) is 22.0 Å². The number of sulfonamides is 2. The summed E-state index contributed by atoms with van der Waals surface area (Å²) >= 11 is 0. The molecule has 2 aliphatic rings. The molecular weight excluding hydrogens is 949 g/mol. The molecule has 350 valence electrons. The van der Waals surface area contributed by atoms with Gasteiger partial charge in [-0.25, -0.2) is 4.99 Å². The number of alkyl halides is 6. The molecule has 12 nitrogen and oxygen atoms in total. The van der Waals surface area contributed by atoms with E-state index in [4.69, 9.17) is 9.41 Å². The quantitative estimate of drug-likeness (QED) is 0.0462. The second kappa shape index (κ2) is 17.3. The zero-order valence-corrected chi connectivity index (χ0v) is 37.9. The van der Waals surface area contributed by atoms with Crippen molar-refractivity contribution in [3.05, 3.63) is 166 Å². The van der Waals surface area contributed by atoms with Gasteiger partial charge in [0.05, 0.1) is 11.0 Å². The van der Waals surface area contributed by atoms with Crippen molar-refractivity contribution >= 4 is 64.3 Å². The fourth-order valence-electron chi connectivity index (χ4n) is 7.16. The van der Waals surface area contributed by atoms with Crippen molar-refractivity contribution in [2.24, 2.45) is 4.99 Å². The van der Waals surface area contributed by atoms with Gasteiger partial charge in [-0.2, -0.15) is 55.5 Å². The fourth-order valence-corrected chi connectivity index (χ4v) is 11.4. The molecule has 1 heterocycles. The highest BCUT2D eigenvalue weighted by Crippen LogP contribution is 2.51. The Kier molecular flexibility index (Phi) is 12.5. The summed E-state index contributed by atoms with van der Waals surface area (Å²) in [6, 6.07) is 27.5. The fraction of sp³-hybridized carbons (Fsp3) is 0.152. The van der Waals surface area contributed by atoms with E-state index in [0.717, 1.165) is 52.2 Å². The smallest absolute Gasteiger partial charge is 0.466 e. The Morgan fingerprint density at radius 1 is 0.701 bits per heavy atom. The minimum Gasteiger partial charge on any atom is -0.602 e. The van der Waals surface area contributed by atoms with Crippen molar-refractivity contribution in [2.45, 2.75) is 49.0 Å².